The van der Waals surface area contributed by atoms with Crippen LogP contribution in [-0.2, 0) is 6.18 Å². The van der Waals surface area contributed by atoms with Crippen LogP contribution in [0, 0.1) is 0 Å². The van der Waals surface area contributed by atoms with Crippen molar-refractivity contribution in [2.24, 2.45) is 5.73 Å². The normalized spacial score (nSPS) is 18.0. The molecule has 0 aromatic carbocycles. The first kappa shape index (κ1) is 18.4. The number of aromatic nitrogens is 3. The van der Waals surface area contributed by atoms with Crippen molar-refractivity contribution in [1.82, 2.24) is 19.7 Å². The minimum atomic E-state index is -4.45. The van der Waals surface area contributed by atoms with Crippen LogP contribution in [0.4, 0.5) is 13.2 Å². The van der Waals surface area contributed by atoms with E-state index >= 15 is 0 Å². The summed E-state index contributed by atoms with van der Waals surface area (Å²) in [6.45, 7) is 4.86. The molecule has 1 amide bonds. The summed E-state index contributed by atoms with van der Waals surface area (Å²) in [6.07, 6.45) is -1.49. The summed E-state index contributed by atoms with van der Waals surface area (Å²) in [5.74, 6) is -0.00416. The molecule has 1 aliphatic rings. The van der Waals surface area contributed by atoms with E-state index in [1.165, 1.54) is 16.9 Å². The molecule has 3 heterocycles. The number of alkyl halides is 3. The van der Waals surface area contributed by atoms with E-state index in [0.717, 1.165) is 18.7 Å². The Kier molecular flexibility index (Phi) is 4.74. The third-order valence-corrected chi connectivity index (χ3v) is 4.39. The zero-order valence-electron chi connectivity index (χ0n) is 14.5. The monoisotopic (exact) mass is 367 g/mol. The molecule has 2 N–H and O–H groups in total. The lowest BCUT2D eigenvalue weighted by Gasteiger charge is -2.18. The summed E-state index contributed by atoms with van der Waals surface area (Å²) in [4.78, 5) is 18.4. The summed E-state index contributed by atoms with van der Waals surface area (Å²) >= 11 is 0. The highest BCUT2D eigenvalue weighted by Gasteiger charge is 2.32. The molecular formula is C17H20F3N5O. The number of nitrogens with zero attached hydrogens (tertiary/aromatic N) is 4. The Labute approximate surface area is 148 Å². The molecule has 3 rings (SSSR count). The summed E-state index contributed by atoms with van der Waals surface area (Å²) < 4.78 is 39.6. The number of amides is 1. The van der Waals surface area contributed by atoms with E-state index in [2.05, 4.69) is 10.1 Å². The first-order chi connectivity index (χ1) is 12.2. The number of carbonyl (C=O) groups excluding carboxylic acids is 1. The topological polar surface area (TPSA) is 77.0 Å². The molecule has 0 spiro atoms. The van der Waals surface area contributed by atoms with E-state index < -0.39 is 11.7 Å². The first-order valence-electron chi connectivity index (χ1n) is 8.35. The Hall–Kier alpha value is -2.42. The van der Waals surface area contributed by atoms with Crippen LogP contribution in [0.25, 0.3) is 5.82 Å². The molecule has 0 radical (unpaired) electrons. The van der Waals surface area contributed by atoms with Gasteiger partial charge in [0.05, 0.1) is 23.0 Å². The lowest BCUT2D eigenvalue weighted by molar-refractivity contribution is -0.137. The minimum absolute atomic E-state index is 0.0342. The zero-order chi connectivity index (χ0) is 19.1. The van der Waals surface area contributed by atoms with E-state index in [-0.39, 0.29) is 23.7 Å². The molecule has 0 bridgehead atoms. The fraction of sp³-hybridized carbons (Fsp3) is 0.471. The van der Waals surface area contributed by atoms with Crippen molar-refractivity contribution in [3.63, 3.8) is 0 Å². The van der Waals surface area contributed by atoms with Gasteiger partial charge < -0.3 is 10.6 Å². The second-order valence-electron chi connectivity index (χ2n) is 6.71. The molecule has 1 saturated heterocycles. The van der Waals surface area contributed by atoms with Crippen molar-refractivity contribution < 1.29 is 18.0 Å². The van der Waals surface area contributed by atoms with Crippen molar-refractivity contribution >= 4 is 5.91 Å². The molecule has 0 saturated carbocycles. The molecule has 0 unspecified atom stereocenters. The maximum absolute atomic E-state index is 12.8. The number of hydrogen-bond acceptors (Lipinski definition) is 4. The van der Waals surface area contributed by atoms with Gasteiger partial charge >= 0.3 is 6.18 Å². The van der Waals surface area contributed by atoms with Gasteiger partial charge in [-0.15, -0.1) is 0 Å². The number of halogens is 3. The van der Waals surface area contributed by atoms with Crippen molar-refractivity contribution in [3.05, 3.63) is 41.3 Å². The van der Waals surface area contributed by atoms with Crippen molar-refractivity contribution in [2.75, 3.05) is 13.1 Å². The molecule has 0 aliphatic carbocycles. The third kappa shape index (κ3) is 3.44. The standard InChI is InChI=1S/C17H20F3N5O/c1-10(2)15-13(16(26)24-6-5-12(21)9-24)8-23-25(15)14-4-3-11(7-22-14)17(18,19)20/h3-4,7-8,10,12H,5-6,9,21H2,1-2H3/t12-/m0/s1. The van der Waals surface area contributed by atoms with Gasteiger partial charge in [-0.25, -0.2) is 9.67 Å². The van der Waals surface area contributed by atoms with Crippen LogP contribution >= 0.6 is 0 Å². The van der Waals surface area contributed by atoms with E-state index in [1.54, 1.807) is 4.90 Å². The summed E-state index contributed by atoms with van der Waals surface area (Å²) in [5.41, 5.74) is 6.08. The minimum Gasteiger partial charge on any atom is -0.337 e. The van der Waals surface area contributed by atoms with Crippen LogP contribution < -0.4 is 5.73 Å². The van der Waals surface area contributed by atoms with Gasteiger partial charge in [-0.05, 0) is 24.5 Å². The molecule has 26 heavy (non-hydrogen) atoms. The Morgan fingerprint density at radius 3 is 2.54 bits per heavy atom. The zero-order valence-corrected chi connectivity index (χ0v) is 14.5. The summed E-state index contributed by atoms with van der Waals surface area (Å²) in [6, 6.07) is 2.17. The largest absolute Gasteiger partial charge is 0.417 e. The average molecular weight is 367 g/mol. The number of rotatable bonds is 3. The molecule has 1 atom stereocenters. The Morgan fingerprint density at radius 1 is 1.31 bits per heavy atom. The Balaban J connectivity index is 1.96. The number of carbonyl (C=O) groups is 1. The number of hydrogen-bond donors (Lipinski definition) is 1. The van der Waals surface area contributed by atoms with Gasteiger partial charge in [0.2, 0.25) is 0 Å². The van der Waals surface area contributed by atoms with Crippen molar-refractivity contribution in [2.45, 2.75) is 38.4 Å². The van der Waals surface area contributed by atoms with Gasteiger partial charge in [-0.3, -0.25) is 4.79 Å². The van der Waals surface area contributed by atoms with E-state index in [9.17, 15) is 18.0 Å². The summed E-state index contributed by atoms with van der Waals surface area (Å²) in [7, 11) is 0. The highest BCUT2D eigenvalue weighted by atomic mass is 19.4. The third-order valence-electron chi connectivity index (χ3n) is 4.39. The molecule has 140 valence electrons. The van der Waals surface area contributed by atoms with Crippen LogP contribution in [0.2, 0.25) is 0 Å². The molecule has 6 nitrogen and oxygen atoms in total. The van der Waals surface area contributed by atoms with Crippen molar-refractivity contribution in [3.8, 4) is 5.82 Å². The molecule has 2 aromatic rings. The Morgan fingerprint density at radius 2 is 2.04 bits per heavy atom. The van der Waals surface area contributed by atoms with Gasteiger partial charge in [0.25, 0.3) is 5.91 Å². The average Bonchev–Trinajstić information content (AvgIpc) is 3.20. The van der Waals surface area contributed by atoms with Gasteiger partial charge in [-0.1, -0.05) is 13.8 Å². The highest BCUT2D eigenvalue weighted by molar-refractivity contribution is 5.95. The number of likely N-dealkylation sites (tertiary alicyclic amines) is 1. The van der Waals surface area contributed by atoms with Gasteiger partial charge in [0, 0.05) is 25.3 Å². The number of pyridine rings is 1. The van der Waals surface area contributed by atoms with Crippen LogP contribution in [0.5, 0.6) is 0 Å². The highest BCUT2D eigenvalue weighted by Crippen LogP contribution is 2.30. The SMILES string of the molecule is CC(C)c1c(C(=O)N2CC[C@H](N)C2)cnn1-c1ccc(C(F)(F)F)cn1. The van der Waals surface area contributed by atoms with Gasteiger partial charge in [0.15, 0.2) is 5.82 Å². The van der Waals surface area contributed by atoms with Crippen molar-refractivity contribution in [1.29, 1.82) is 0 Å². The van der Waals surface area contributed by atoms with Crippen LogP contribution in [0.15, 0.2) is 24.5 Å². The second kappa shape index (κ2) is 6.71. The molecule has 9 heteroatoms. The van der Waals surface area contributed by atoms with Gasteiger partial charge in [0.1, 0.15) is 0 Å². The molecule has 2 aromatic heterocycles. The van der Waals surface area contributed by atoms with Crippen LogP contribution in [-0.4, -0.2) is 44.7 Å². The molecule has 1 fully saturated rings. The predicted octanol–water partition coefficient (Wildman–Crippen LogP) is 2.58. The Bertz CT molecular complexity index is 798. The maximum Gasteiger partial charge on any atom is 0.417 e. The second-order valence-corrected chi connectivity index (χ2v) is 6.71. The van der Waals surface area contributed by atoms with E-state index in [0.29, 0.717) is 24.3 Å². The maximum atomic E-state index is 12.8. The fourth-order valence-corrected chi connectivity index (χ4v) is 3.08. The first-order valence-corrected chi connectivity index (χ1v) is 8.35. The summed E-state index contributed by atoms with van der Waals surface area (Å²) in [5, 5.41) is 4.21. The molecule has 1 aliphatic heterocycles. The smallest absolute Gasteiger partial charge is 0.337 e. The van der Waals surface area contributed by atoms with Crippen LogP contribution in [0.3, 0.4) is 0 Å². The lowest BCUT2D eigenvalue weighted by atomic mass is 10.0. The molecular weight excluding hydrogens is 347 g/mol. The van der Waals surface area contributed by atoms with Gasteiger partial charge in [-0.2, -0.15) is 18.3 Å². The quantitative estimate of drug-likeness (QED) is 0.905. The van der Waals surface area contributed by atoms with E-state index in [4.69, 9.17) is 5.73 Å². The fourth-order valence-electron chi connectivity index (χ4n) is 3.08. The van der Waals surface area contributed by atoms with Crippen LogP contribution in [0.1, 0.15) is 47.8 Å². The number of nitrogens with two attached hydrogens (primary N) is 1. The predicted molar refractivity (Wildman–Crippen MR) is 88.9 cm³/mol. The lowest BCUT2D eigenvalue weighted by Crippen LogP contribution is -2.32. The van der Waals surface area contributed by atoms with E-state index in [1.807, 2.05) is 13.8 Å².